The van der Waals surface area contributed by atoms with E-state index in [-0.39, 0.29) is 5.17 Å². The highest BCUT2D eigenvalue weighted by atomic mass is 32.2. The lowest BCUT2D eigenvalue weighted by molar-refractivity contribution is -0.0754. The number of rotatable bonds is 2. The molecule has 1 aromatic carbocycles. The van der Waals surface area contributed by atoms with Gasteiger partial charge in [0, 0.05) is 5.75 Å². The van der Waals surface area contributed by atoms with Crippen molar-refractivity contribution in [3.63, 3.8) is 0 Å². The molecule has 4 N–H and O–H groups in total. The molecular weight excluding hydrogens is 340 g/mol. The standard InChI is InChI=1S/C8H10N2S.C2HF6NS/c9-8(10)11-6-7-4-2-1-3-5-7;3-1(4,5)10(9)2(6,7)8/h1-5H,6H2,(H3,9,10);9H. The summed E-state index contributed by atoms with van der Waals surface area (Å²) in [5.41, 5.74) is -4.59. The van der Waals surface area contributed by atoms with Gasteiger partial charge in [-0.05, 0) is 5.56 Å². The molecule has 120 valence electrons. The number of halogens is 6. The molecule has 3 nitrogen and oxygen atoms in total. The van der Waals surface area contributed by atoms with Gasteiger partial charge in [0.1, 0.15) is 10.7 Å². The first-order valence-electron chi connectivity index (χ1n) is 5.04. The second-order valence-corrected chi connectivity index (χ2v) is 5.89. The van der Waals surface area contributed by atoms with E-state index in [0.29, 0.717) is 0 Å². The third-order valence-electron chi connectivity index (χ3n) is 1.70. The zero-order valence-corrected chi connectivity index (χ0v) is 11.9. The Labute approximate surface area is 123 Å². The van der Waals surface area contributed by atoms with Gasteiger partial charge >= 0.3 is 11.0 Å². The van der Waals surface area contributed by atoms with Crippen LogP contribution in [0.25, 0.3) is 0 Å². The second kappa shape index (κ2) is 8.27. The predicted octanol–water partition coefficient (Wildman–Crippen LogP) is 4.22. The van der Waals surface area contributed by atoms with Crippen LogP contribution in [-0.2, 0) is 16.4 Å². The van der Waals surface area contributed by atoms with Crippen LogP contribution < -0.4 is 5.73 Å². The van der Waals surface area contributed by atoms with Crippen molar-refractivity contribution < 1.29 is 26.3 Å². The molecule has 0 bridgehead atoms. The minimum atomic E-state index is -5.49. The third-order valence-corrected chi connectivity index (χ3v) is 3.41. The summed E-state index contributed by atoms with van der Waals surface area (Å²) in [5, 5.41) is 7.16. The molecular formula is C10H11F6N3S2. The number of benzene rings is 1. The van der Waals surface area contributed by atoms with Gasteiger partial charge in [0.2, 0.25) is 0 Å². The Morgan fingerprint density at radius 1 is 1.05 bits per heavy atom. The van der Waals surface area contributed by atoms with Crippen molar-refractivity contribution in [2.75, 3.05) is 0 Å². The highest BCUT2D eigenvalue weighted by Gasteiger charge is 2.50. The van der Waals surface area contributed by atoms with Crippen LogP contribution in [0.1, 0.15) is 5.56 Å². The molecule has 0 unspecified atom stereocenters. The summed E-state index contributed by atoms with van der Waals surface area (Å²) in [6, 6.07) is 9.99. The Morgan fingerprint density at radius 2 is 1.48 bits per heavy atom. The molecule has 0 heterocycles. The van der Waals surface area contributed by atoms with Crippen molar-refractivity contribution in [3.05, 3.63) is 35.9 Å². The van der Waals surface area contributed by atoms with Gasteiger partial charge < -0.3 is 5.73 Å². The molecule has 0 aromatic heterocycles. The summed E-state index contributed by atoms with van der Waals surface area (Å²) < 4.78 is 72.0. The fourth-order valence-electron chi connectivity index (χ4n) is 0.867. The van der Waals surface area contributed by atoms with Crippen molar-refractivity contribution in [3.8, 4) is 0 Å². The molecule has 0 fully saturated rings. The van der Waals surface area contributed by atoms with Crippen LogP contribution in [-0.4, -0.2) is 16.2 Å². The molecule has 0 spiro atoms. The van der Waals surface area contributed by atoms with Crippen LogP contribution >= 0.6 is 11.8 Å². The molecule has 0 saturated heterocycles. The molecule has 0 aliphatic heterocycles. The van der Waals surface area contributed by atoms with Crippen molar-refractivity contribution >= 4 is 27.6 Å². The number of hydrogen-bond acceptors (Lipinski definition) is 3. The van der Waals surface area contributed by atoms with E-state index in [1.165, 1.54) is 17.3 Å². The predicted molar refractivity (Wildman–Crippen MR) is 71.8 cm³/mol. The van der Waals surface area contributed by atoms with E-state index in [1.54, 1.807) is 0 Å². The van der Waals surface area contributed by atoms with Crippen molar-refractivity contribution in [1.82, 2.24) is 0 Å². The van der Waals surface area contributed by atoms with Gasteiger partial charge in [0.05, 0.1) is 0 Å². The number of hydrogen-bond donors (Lipinski definition) is 3. The Hall–Kier alpha value is -1.23. The number of thioether (sulfide) groups is 1. The average Bonchev–Trinajstić information content (AvgIpc) is 2.35. The van der Waals surface area contributed by atoms with E-state index in [2.05, 4.69) is 0 Å². The van der Waals surface area contributed by atoms with Crippen LogP contribution in [0.15, 0.2) is 30.3 Å². The maximum Gasteiger partial charge on any atom is 0.460 e. The third kappa shape index (κ3) is 9.34. The Bertz CT molecular complexity index is 456. The molecule has 0 radical (unpaired) electrons. The highest BCUT2D eigenvalue weighted by Crippen LogP contribution is 2.33. The maximum absolute atomic E-state index is 11.0. The largest absolute Gasteiger partial charge is 0.460 e. The summed E-state index contributed by atoms with van der Waals surface area (Å²) in [6.07, 6.45) is 0. The van der Waals surface area contributed by atoms with E-state index in [9.17, 15) is 26.3 Å². The number of alkyl halides is 6. The highest BCUT2D eigenvalue weighted by molar-refractivity contribution is 8.13. The van der Waals surface area contributed by atoms with Crippen molar-refractivity contribution in [1.29, 1.82) is 10.2 Å². The lowest BCUT2D eigenvalue weighted by Gasteiger charge is -2.11. The minimum absolute atomic E-state index is 0.175. The fraction of sp³-hybridized carbons (Fsp3) is 0.300. The van der Waals surface area contributed by atoms with Crippen LogP contribution in [0, 0.1) is 10.2 Å². The SMILES string of the molecule is N=C(N)SCc1ccccc1.N=S(C(F)(F)F)C(F)(F)F. The fourth-order valence-corrected chi connectivity index (χ4v) is 1.64. The summed E-state index contributed by atoms with van der Waals surface area (Å²) in [4.78, 5) is 0. The molecule has 0 atom stereocenters. The van der Waals surface area contributed by atoms with Gasteiger partial charge in [-0.2, -0.15) is 26.3 Å². The van der Waals surface area contributed by atoms with Gasteiger partial charge in [-0.3, -0.25) is 10.2 Å². The summed E-state index contributed by atoms with van der Waals surface area (Å²) in [5.74, 6) is 0.788. The first-order valence-corrected chi connectivity index (χ1v) is 7.25. The van der Waals surface area contributed by atoms with Crippen molar-refractivity contribution in [2.24, 2.45) is 5.73 Å². The Morgan fingerprint density at radius 3 is 1.76 bits per heavy atom. The molecule has 0 aliphatic carbocycles. The number of nitrogens with one attached hydrogen (secondary N) is 2. The van der Waals surface area contributed by atoms with Crippen LogP contribution in [0.3, 0.4) is 0 Å². The topological polar surface area (TPSA) is 73.7 Å². The first kappa shape index (κ1) is 19.8. The molecule has 0 amide bonds. The number of nitrogens with two attached hydrogens (primary N) is 1. The molecule has 21 heavy (non-hydrogen) atoms. The van der Waals surface area contributed by atoms with Gasteiger partial charge in [-0.15, -0.1) is 0 Å². The normalized spacial score (nSPS) is 11.8. The number of amidine groups is 1. The van der Waals surface area contributed by atoms with E-state index in [4.69, 9.17) is 15.9 Å². The molecule has 11 heteroatoms. The molecule has 1 rings (SSSR count). The lowest BCUT2D eigenvalue weighted by Crippen LogP contribution is -2.28. The van der Waals surface area contributed by atoms with Gasteiger partial charge in [-0.25, -0.2) is 0 Å². The zero-order valence-electron chi connectivity index (χ0n) is 10.3. The summed E-state index contributed by atoms with van der Waals surface area (Å²) in [7, 11) is -4.25. The smallest absolute Gasteiger partial charge is 0.379 e. The van der Waals surface area contributed by atoms with E-state index in [0.717, 1.165) is 5.75 Å². The molecule has 1 aromatic rings. The lowest BCUT2D eigenvalue weighted by atomic mass is 10.2. The minimum Gasteiger partial charge on any atom is -0.379 e. The quantitative estimate of drug-likeness (QED) is 0.424. The van der Waals surface area contributed by atoms with Gasteiger partial charge in [0.25, 0.3) is 0 Å². The van der Waals surface area contributed by atoms with Crippen LogP contribution in [0.5, 0.6) is 0 Å². The monoisotopic (exact) mass is 351 g/mol. The molecule has 0 saturated carbocycles. The summed E-state index contributed by atoms with van der Waals surface area (Å²) in [6.45, 7) is 0. The maximum atomic E-state index is 11.0. The second-order valence-electron chi connectivity index (χ2n) is 3.34. The summed E-state index contributed by atoms with van der Waals surface area (Å²) >= 11 is 1.35. The van der Waals surface area contributed by atoms with Crippen LogP contribution in [0.2, 0.25) is 0 Å². The van der Waals surface area contributed by atoms with Crippen molar-refractivity contribution in [2.45, 2.75) is 16.8 Å². The van der Waals surface area contributed by atoms with E-state index in [1.807, 2.05) is 30.3 Å². The first-order chi connectivity index (χ1) is 9.44. The van der Waals surface area contributed by atoms with Gasteiger partial charge in [0.15, 0.2) is 5.17 Å². The van der Waals surface area contributed by atoms with E-state index >= 15 is 0 Å². The Kier molecular flexibility index (Phi) is 7.79. The Balaban J connectivity index is 0.000000384. The van der Waals surface area contributed by atoms with Crippen LogP contribution in [0.4, 0.5) is 26.3 Å². The van der Waals surface area contributed by atoms with E-state index < -0.39 is 21.7 Å². The van der Waals surface area contributed by atoms with Gasteiger partial charge in [-0.1, -0.05) is 42.1 Å². The molecule has 0 aliphatic rings. The zero-order chi connectivity index (χ0) is 16.7. The average molecular weight is 351 g/mol.